The topological polar surface area (TPSA) is 63.0 Å². The number of nitrogens with one attached hydrogen (secondary N) is 1. The van der Waals surface area contributed by atoms with Crippen molar-refractivity contribution in [2.45, 2.75) is 6.17 Å². The third-order valence-electron chi connectivity index (χ3n) is 11.7. The summed E-state index contributed by atoms with van der Waals surface area (Å²) < 4.78 is 13.1. The van der Waals surface area contributed by atoms with Gasteiger partial charge in [0.05, 0.1) is 0 Å². The molecule has 1 aliphatic rings. The molecular weight excluding hydrogens is 735 g/mol. The van der Waals surface area contributed by atoms with Crippen LogP contribution in [-0.4, -0.2) is 11.7 Å². The number of amidine groups is 2. The highest BCUT2D eigenvalue weighted by Gasteiger charge is 2.26. The van der Waals surface area contributed by atoms with Gasteiger partial charge in [-0.2, -0.15) is 0 Å². The first-order chi connectivity index (χ1) is 29.7. The van der Waals surface area contributed by atoms with Gasteiger partial charge in [-0.3, -0.25) is 0 Å². The molecule has 3 heterocycles. The van der Waals surface area contributed by atoms with Crippen molar-refractivity contribution < 1.29 is 8.83 Å². The van der Waals surface area contributed by atoms with Gasteiger partial charge >= 0.3 is 0 Å². The van der Waals surface area contributed by atoms with Crippen LogP contribution in [0, 0.1) is 0 Å². The van der Waals surface area contributed by atoms with Crippen LogP contribution < -0.4 is 5.32 Å². The van der Waals surface area contributed by atoms with E-state index in [4.69, 9.17) is 18.8 Å². The standard InChI is InChI=1S/C55H35N3O2/c1-3-13-34(14-4-1)35-23-25-37(26-24-35)53-56-54(39-27-30-50-47(32-39)43-19-9-11-21-48(43)59-50)58-55(57-53)45-29-28-42(52-51(45)44-20-10-12-22-49(44)60-52)40-31-38-17-7-8-18-41(38)46(33-40)36-15-5-2-6-16-36/h1-33,54H,(H,56,57,58). The fraction of sp³-hybridized carbons (Fsp3) is 0.0182. The number of aliphatic imine (C=N–C) groups is 2. The summed E-state index contributed by atoms with van der Waals surface area (Å²) in [5.41, 5.74) is 13.0. The molecule has 0 amide bonds. The normalized spacial score (nSPS) is 14.2. The number of rotatable bonds is 6. The molecule has 0 radical (unpaired) electrons. The van der Waals surface area contributed by atoms with Crippen molar-refractivity contribution in [3.05, 3.63) is 217 Å². The zero-order valence-corrected chi connectivity index (χ0v) is 32.3. The van der Waals surface area contributed by atoms with E-state index in [1.165, 1.54) is 27.5 Å². The van der Waals surface area contributed by atoms with Gasteiger partial charge in [-0.1, -0.05) is 152 Å². The van der Waals surface area contributed by atoms with Gasteiger partial charge in [0.25, 0.3) is 0 Å². The summed E-state index contributed by atoms with van der Waals surface area (Å²) in [6, 6.07) is 69.9. The lowest BCUT2D eigenvalue weighted by atomic mass is 9.91. The van der Waals surface area contributed by atoms with E-state index < -0.39 is 6.17 Å². The summed E-state index contributed by atoms with van der Waals surface area (Å²) >= 11 is 0. The molecule has 0 saturated carbocycles. The van der Waals surface area contributed by atoms with E-state index in [2.05, 4.69) is 163 Å². The van der Waals surface area contributed by atoms with Crippen LogP contribution in [0.3, 0.4) is 0 Å². The number of nitrogens with zero attached hydrogens (tertiary/aromatic N) is 2. The summed E-state index contributed by atoms with van der Waals surface area (Å²) in [6.07, 6.45) is -0.429. The lowest BCUT2D eigenvalue weighted by Crippen LogP contribution is -2.33. The molecule has 12 rings (SSSR count). The van der Waals surface area contributed by atoms with Gasteiger partial charge in [0.1, 0.15) is 34.3 Å². The Morgan fingerprint density at radius 1 is 0.400 bits per heavy atom. The Bertz CT molecular complexity index is 3510. The SMILES string of the molecule is c1ccc(-c2ccc(C3=NC(c4ccc(-c5cc(-c6ccccc6)c6ccccc6c5)c5oc6ccccc6c45)=NC(c4ccc5oc6ccccc6c5c4)N3)cc2)cc1. The summed E-state index contributed by atoms with van der Waals surface area (Å²) in [5.74, 6) is 1.37. The number of fused-ring (bicyclic) bond motifs is 7. The number of para-hydroxylation sites is 2. The van der Waals surface area contributed by atoms with E-state index in [-0.39, 0.29) is 0 Å². The minimum absolute atomic E-state index is 0.429. The molecule has 2 aromatic heterocycles. The average Bonchev–Trinajstić information content (AvgIpc) is 3.90. The van der Waals surface area contributed by atoms with Crippen LogP contribution in [0.25, 0.3) is 88.0 Å². The molecule has 0 saturated heterocycles. The molecule has 0 aliphatic carbocycles. The van der Waals surface area contributed by atoms with Crippen LogP contribution in [0.2, 0.25) is 0 Å². The monoisotopic (exact) mass is 769 g/mol. The van der Waals surface area contributed by atoms with E-state index in [1.807, 2.05) is 42.5 Å². The average molecular weight is 770 g/mol. The summed E-state index contributed by atoms with van der Waals surface area (Å²) in [6.45, 7) is 0. The third kappa shape index (κ3) is 5.70. The molecule has 1 N–H and O–H groups in total. The van der Waals surface area contributed by atoms with Gasteiger partial charge < -0.3 is 14.2 Å². The number of furan rings is 2. The van der Waals surface area contributed by atoms with E-state index in [0.29, 0.717) is 5.84 Å². The summed E-state index contributed by atoms with van der Waals surface area (Å²) in [7, 11) is 0. The lowest BCUT2D eigenvalue weighted by Gasteiger charge is -2.24. The first-order valence-electron chi connectivity index (χ1n) is 20.3. The summed E-state index contributed by atoms with van der Waals surface area (Å²) in [4.78, 5) is 10.7. The maximum atomic E-state index is 6.86. The zero-order valence-electron chi connectivity index (χ0n) is 32.3. The van der Waals surface area contributed by atoms with Crippen molar-refractivity contribution >= 4 is 66.3 Å². The van der Waals surface area contributed by atoms with Crippen molar-refractivity contribution in [2.75, 3.05) is 0 Å². The summed E-state index contributed by atoms with van der Waals surface area (Å²) in [5, 5.41) is 10.2. The smallest absolute Gasteiger partial charge is 0.160 e. The largest absolute Gasteiger partial charge is 0.456 e. The van der Waals surface area contributed by atoms with Crippen LogP contribution >= 0.6 is 0 Å². The minimum atomic E-state index is -0.429. The molecule has 9 aromatic carbocycles. The van der Waals surface area contributed by atoms with Crippen LogP contribution in [-0.2, 0) is 0 Å². The molecule has 282 valence electrons. The van der Waals surface area contributed by atoms with Gasteiger partial charge in [0.2, 0.25) is 0 Å². The Morgan fingerprint density at radius 3 is 1.82 bits per heavy atom. The Morgan fingerprint density at radius 2 is 1.02 bits per heavy atom. The first-order valence-corrected chi connectivity index (χ1v) is 20.3. The Kier molecular flexibility index (Phi) is 7.85. The third-order valence-corrected chi connectivity index (χ3v) is 11.7. The lowest BCUT2D eigenvalue weighted by molar-refractivity contribution is 0.663. The molecule has 5 nitrogen and oxygen atoms in total. The van der Waals surface area contributed by atoms with E-state index in [9.17, 15) is 0 Å². The maximum absolute atomic E-state index is 6.86. The van der Waals surface area contributed by atoms with Gasteiger partial charge in [-0.15, -0.1) is 0 Å². The van der Waals surface area contributed by atoms with Crippen LogP contribution in [0.4, 0.5) is 0 Å². The van der Waals surface area contributed by atoms with E-state index in [1.54, 1.807) is 0 Å². The number of hydrogen-bond donors (Lipinski definition) is 1. The second-order valence-corrected chi connectivity index (χ2v) is 15.3. The van der Waals surface area contributed by atoms with Crippen LogP contribution in [0.1, 0.15) is 22.9 Å². The molecule has 0 spiro atoms. The predicted molar refractivity (Wildman–Crippen MR) is 247 cm³/mol. The van der Waals surface area contributed by atoms with Crippen molar-refractivity contribution in [2.24, 2.45) is 9.98 Å². The minimum Gasteiger partial charge on any atom is -0.456 e. The Labute approximate surface area is 345 Å². The van der Waals surface area contributed by atoms with Crippen LogP contribution in [0.5, 0.6) is 0 Å². The van der Waals surface area contributed by atoms with Crippen molar-refractivity contribution in [1.82, 2.24) is 5.32 Å². The second-order valence-electron chi connectivity index (χ2n) is 15.3. The molecule has 60 heavy (non-hydrogen) atoms. The van der Waals surface area contributed by atoms with Gasteiger partial charge in [-0.25, -0.2) is 9.98 Å². The van der Waals surface area contributed by atoms with Crippen molar-refractivity contribution in [3.63, 3.8) is 0 Å². The van der Waals surface area contributed by atoms with Crippen molar-refractivity contribution in [1.29, 1.82) is 0 Å². The number of hydrogen-bond acceptors (Lipinski definition) is 5. The molecule has 11 aromatic rings. The maximum Gasteiger partial charge on any atom is 0.160 e. The highest BCUT2D eigenvalue weighted by molar-refractivity contribution is 6.24. The molecule has 0 fully saturated rings. The van der Waals surface area contributed by atoms with Crippen molar-refractivity contribution in [3.8, 4) is 33.4 Å². The molecule has 1 atom stereocenters. The molecule has 0 bridgehead atoms. The predicted octanol–water partition coefficient (Wildman–Crippen LogP) is 14.1. The fourth-order valence-electron chi connectivity index (χ4n) is 8.82. The Hall–Kier alpha value is -8.02. The zero-order chi connectivity index (χ0) is 39.6. The highest BCUT2D eigenvalue weighted by Crippen LogP contribution is 2.42. The quantitative estimate of drug-likeness (QED) is 0.183. The van der Waals surface area contributed by atoms with Gasteiger partial charge in [0, 0.05) is 38.2 Å². The van der Waals surface area contributed by atoms with Gasteiger partial charge in [0.15, 0.2) is 5.84 Å². The van der Waals surface area contributed by atoms with E-state index in [0.717, 1.165) is 83.1 Å². The molecular formula is C55H35N3O2. The molecule has 1 aliphatic heterocycles. The molecule has 1 unspecified atom stereocenters. The second kappa shape index (κ2) is 13.8. The number of benzene rings is 9. The highest BCUT2D eigenvalue weighted by atomic mass is 16.3. The van der Waals surface area contributed by atoms with E-state index >= 15 is 0 Å². The van der Waals surface area contributed by atoms with Gasteiger partial charge in [-0.05, 0) is 92.7 Å². The Balaban J connectivity index is 1.06. The molecule has 5 heteroatoms. The van der Waals surface area contributed by atoms with Crippen LogP contribution in [0.15, 0.2) is 219 Å². The first kappa shape index (κ1) is 34.1. The fourth-order valence-corrected chi connectivity index (χ4v) is 8.82.